The van der Waals surface area contributed by atoms with Crippen LogP contribution in [0.5, 0.6) is 0 Å². The molecule has 0 saturated heterocycles. The third-order valence-corrected chi connectivity index (χ3v) is 2.52. The standard InChI is InChI=1S/C12H15FN2/c1-3-9(2)12(8-14)15-11-6-4-10(13)5-7-11/h4-7,9,12,15H,3H2,1-2H3. The van der Waals surface area contributed by atoms with E-state index in [1.807, 2.05) is 13.8 Å². The molecule has 15 heavy (non-hydrogen) atoms. The molecule has 0 heterocycles. The summed E-state index contributed by atoms with van der Waals surface area (Å²) in [7, 11) is 0. The number of hydrogen-bond acceptors (Lipinski definition) is 2. The van der Waals surface area contributed by atoms with Gasteiger partial charge >= 0.3 is 0 Å². The molecule has 1 rings (SSSR count). The Balaban J connectivity index is 2.68. The average molecular weight is 206 g/mol. The third kappa shape index (κ3) is 3.25. The van der Waals surface area contributed by atoms with Crippen molar-refractivity contribution in [1.29, 1.82) is 5.26 Å². The first-order chi connectivity index (χ1) is 7.17. The van der Waals surface area contributed by atoms with Crippen molar-refractivity contribution < 1.29 is 4.39 Å². The van der Waals surface area contributed by atoms with Crippen LogP contribution in [0.3, 0.4) is 0 Å². The molecule has 1 aromatic rings. The summed E-state index contributed by atoms with van der Waals surface area (Å²) in [5.41, 5.74) is 0.781. The minimum absolute atomic E-state index is 0.222. The fourth-order valence-corrected chi connectivity index (χ4v) is 1.26. The zero-order chi connectivity index (χ0) is 11.3. The highest BCUT2D eigenvalue weighted by Gasteiger charge is 2.14. The Morgan fingerprint density at radius 1 is 1.40 bits per heavy atom. The molecule has 2 unspecified atom stereocenters. The van der Waals surface area contributed by atoms with Gasteiger partial charge < -0.3 is 5.32 Å². The van der Waals surface area contributed by atoms with Gasteiger partial charge in [-0.15, -0.1) is 0 Å². The van der Waals surface area contributed by atoms with Gasteiger partial charge in [0.2, 0.25) is 0 Å². The molecule has 80 valence electrons. The van der Waals surface area contributed by atoms with E-state index < -0.39 is 0 Å². The first kappa shape index (κ1) is 11.5. The summed E-state index contributed by atoms with van der Waals surface area (Å²) in [6.45, 7) is 4.06. The molecule has 0 radical (unpaired) electrons. The number of nitrogens with one attached hydrogen (secondary N) is 1. The Kier molecular flexibility index (Phi) is 4.11. The first-order valence-electron chi connectivity index (χ1n) is 5.09. The van der Waals surface area contributed by atoms with Gasteiger partial charge in [-0.05, 0) is 30.2 Å². The molecule has 2 nitrogen and oxygen atoms in total. The van der Waals surface area contributed by atoms with Crippen molar-refractivity contribution in [2.24, 2.45) is 5.92 Å². The second-order valence-electron chi connectivity index (χ2n) is 3.64. The topological polar surface area (TPSA) is 35.8 Å². The maximum absolute atomic E-state index is 12.6. The van der Waals surface area contributed by atoms with Crippen LogP contribution in [0.15, 0.2) is 24.3 Å². The van der Waals surface area contributed by atoms with Gasteiger partial charge in [0, 0.05) is 5.69 Å². The highest BCUT2D eigenvalue weighted by Crippen LogP contribution is 2.15. The van der Waals surface area contributed by atoms with Crippen molar-refractivity contribution in [3.63, 3.8) is 0 Å². The van der Waals surface area contributed by atoms with E-state index >= 15 is 0 Å². The molecule has 1 aromatic carbocycles. The highest BCUT2D eigenvalue weighted by atomic mass is 19.1. The van der Waals surface area contributed by atoms with Crippen LogP contribution in [0.4, 0.5) is 10.1 Å². The molecule has 0 fully saturated rings. The summed E-state index contributed by atoms with van der Waals surface area (Å²) in [6.07, 6.45) is 0.937. The molecule has 3 heteroatoms. The Hall–Kier alpha value is -1.56. The minimum atomic E-state index is -0.266. The molecule has 0 spiro atoms. The number of nitriles is 1. The minimum Gasteiger partial charge on any atom is -0.370 e. The largest absolute Gasteiger partial charge is 0.370 e. The summed E-state index contributed by atoms with van der Waals surface area (Å²) in [6, 6.07) is 8.04. The van der Waals surface area contributed by atoms with Gasteiger partial charge in [0.25, 0.3) is 0 Å². The number of anilines is 1. The van der Waals surface area contributed by atoms with E-state index in [4.69, 9.17) is 5.26 Å². The van der Waals surface area contributed by atoms with Gasteiger partial charge in [-0.2, -0.15) is 5.26 Å². The average Bonchev–Trinajstić information content (AvgIpc) is 2.27. The van der Waals surface area contributed by atoms with E-state index in [-0.39, 0.29) is 17.8 Å². The summed E-state index contributed by atoms with van der Waals surface area (Å²) in [5, 5.41) is 12.0. The smallest absolute Gasteiger partial charge is 0.123 e. The van der Waals surface area contributed by atoms with Gasteiger partial charge in [-0.3, -0.25) is 0 Å². The Morgan fingerprint density at radius 2 is 2.00 bits per heavy atom. The van der Waals surface area contributed by atoms with Crippen molar-refractivity contribution >= 4 is 5.69 Å². The normalized spacial score (nSPS) is 14.0. The molecule has 0 aliphatic rings. The van der Waals surface area contributed by atoms with E-state index in [2.05, 4.69) is 11.4 Å². The molecular formula is C12H15FN2. The quantitative estimate of drug-likeness (QED) is 0.821. The van der Waals surface area contributed by atoms with E-state index in [1.165, 1.54) is 12.1 Å². The van der Waals surface area contributed by atoms with Crippen molar-refractivity contribution in [3.8, 4) is 6.07 Å². The SMILES string of the molecule is CCC(C)C(C#N)Nc1ccc(F)cc1. The molecule has 2 atom stereocenters. The second kappa shape index (κ2) is 5.35. The predicted octanol–water partition coefficient (Wildman–Crippen LogP) is 3.18. The molecule has 0 saturated carbocycles. The van der Waals surface area contributed by atoms with Crippen LogP contribution in [0, 0.1) is 23.1 Å². The molecule has 0 aliphatic carbocycles. The van der Waals surface area contributed by atoms with Crippen LogP contribution < -0.4 is 5.32 Å². The lowest BCUT2D eigenvalue weighted by atomic mass is 10.0. The lowest BCUT2D eigenvalue weighted by Crippen LogP contribution is -2.24. The maximum atomic E-state index is 12.6. The Morgan fingerprint density at radius 3 is 2.47 bits per heavy atom. The monoisotopic (exact) mass is 206 g/mol. The number of benzene rings is 1. The van der Waals surface area contributed by atoms with E-state index in [9.17, 15) is 4.39 Å². The predicted molar refractivity (Wildman–Crippen MR) is 58.9 cm³/mol. The number of hydrogen-bond donors (Lipinski definition) is 1. The van der Waals surface area contributed by atoms with Gasteiger partial charge in [-0.1, -0.05) is 20.3 Å². The molecule has 0 aliphatic heterocycles. The summed E-state index contributed by atoms with van der Waals surface area (Å²) in [5.74, 6) is 0.0117. The van der Waals surface area contributed by atoms with Crippen molar-refractivity contribution in [2.75, 3.05) is 5.32 Å². The molecule has 1 N–H and O–H groups in total. The molecule has 0 amide bonds. The van der Waals surface area contributed by atoms with E-state index in [0.29, 0.717) is 0 Å². The van der Waals surface area contributed by atoms with Gasteiger partial charge in [0.15, 0.2) is 0 Å². The lowest BCUT2D eigenvalue weighted by Gasteiger charge is -2.18. The molecular weight excluding hydrogens is 191 g/mol. The van der Waals surface area contributed by atoms with Crippen molar-refractivity contribution in [2.45, 2.75) is 26.3 Å². The zero-order valence-corrected chi connectivity index (χ0v) is 9.00. The van der Waals surface area contributed by atoms with Gasteiger partial charge in [0.05, 0.1) is 6.07 Å². The fraction of sp³-hybridized carbons (Fsp3) is 0.417. The lowest BCUT2D eigenvalue weighted by molar-refractivity contribution is 0.533. The van der Waals surface area contributed by atoms with E-state index in [0.717, 1.165) is 12.1 Å². The maximum Gasteiger partial charge on any atom is 0.123 e. The summed E-state index contributed by atoms with van der Waals surface area (Å²) < 4.78 is 12.6. The third-order valence-electron chi connectivity index (χ3n) is 2.52. The Labute approximate surface area is 89.7 Å². The van der Waals surface area contributed by atoms with Crippen LogP contribution in [0.25, 0.3) is 0 Å². The van der Waals surface area contributed by atoms with Gasteiger partial charge in [-0.25, -0.2) is 4.39 Å². The first-order valence-corrected chi connectivity index (χ1v) is 5.09. The van der Waals surface area contributed by atoms with Crippen LogP contribution in [-0.2, 0) is 0 Å². The molecule has 0 aromatic heterocycles. The van der Waals surface area contributed by atoms with E-state index in [1.54, 1.807) is 12.1 Å². The summed E-state index contributed by atoms with van der Waals surface area (Å²) in [4.78, 5) is 0. The highest BCUT2D eigenvalue weighted by molar-refractivity contribution is 5.45. The fourth-order valence-electron chi connectivity index (χ4n) is 1.26. The van der Waals surface area contributed by atoms with Gasteiger partial charge in [0.1, 0.15) is 11.9 Å². The number of rotatable bonds is 4. The Bertz CT molecular complexity index is 340. The second-order valence-corrected chi connectivity index (χ2v) is 3.64. The zero-order valence-electron chi connectivity index (χ0n) is 9.00. The van der Waals surface area contributed by atoms with Crippen LogP contribution in [-0.4, -0.2) is 6.04 Å². The van der Waals surface area contributed by atoms with Crippen LogP contribution >= 0.6 is 0 Å². The van der Waals surface area contributed by atoms with Crippen LogP contribution in [0.2, 0.25) is 0 Å². The van der Waals surface area contributed by atoms with Crippen molar-refractivity contribution in [3.05, 3.63) is 30.1 Å². The summed E-state index contributed by atoms with van der Waals surface area (Å²) >= 11 is 0. The number of halogens is 1. The molecule has 0 bridgehead atoms. The van der Waals surface area contributed by atoms with Crippen molar-refractivity contribution in [1.82, 2.24) is 0 Å². The van der Waals surface area contributed by atoms with Crippen LogP contribution in [0.1, 0.15) is 20.3 Å². The number of nitrogens with zero attached hydrogens (tertiary/aromatic N) is 1.